The van der Waals surface area contributed by atoms with Crippen LogP contribution in [-0.2, 0) is 12.0 Å². The first-order valence-electron chi connectivity index (χ1n) is 8.14. The summed E-state index contributed by atoms with van der Waals surface area (Å²) in [7, 11) is 0. The van der Waals surface area contributed by atoms with E-state index < -0.39 is 0 Å². The van der Waals surface area contributed by atoms with Crippen LogP contribution in [0.4, 0.5) is 9.52 Å². The number of rotatable bonds is 6. The number of thioether (sulfide) groups is 1. The molecule has 0 aliphatic carbocycles. The zero-order valence-electron chi connectivity index (χ0n) is 15.0. The Morgan fingerprint density at radius 3 is 2.62 bits per heavy atom. The molecule has 3 aromatic rings. The fourth-order valence-corrected chi connectivity index (χ4v) is 3.94. The molecule has 0 aliphatic rings. The molecule has 26 heavy (non-hydrogen) atoms. The predicted octanol–water partition coefficient (Wildman–Crippen LogP) is 4.82. The van der Waals surface area contributed by atoms with Gasteiger partial charge in [0.25, 0.3) is 0 Å². The smallest absolute Gasteiger partial charge is 0.239 e. The lowest BCUT2D eigenvalue weighted by Crippen LogP contribution is -2.13. The van der Waals surface area contributed by atoms with Gasteiger partial charge in [-0.2, -0.15) is 4.98 Å². The number of benzene rings is 1. The second-order valence-electron chi connectivity index (χ2n) is 6.82. The Labute approximate surface area is 159 Å². The summed E-state index contributed by atoms with van der Waals surface area (Å²) in [6.07, 6.45) is 0. The molecule has 0 saturated carbocycles. The minimum Gasteiger partial charge on any atom is -0.356 e. The van der Waals surface area contributed by atoms with Crippen molar-refractivity contribution in [1.29, 1.82) is 0 Å². The molecule has 3 rings (SSSR count). The summed E-state index contributed by atoms with van der Waals surface area (Å²) in [4.78, 5) is 4.48. The third kappa shape index (κ3) is 4.79. The lowest BCUT2D eigenvalue weighted by Gasteiger charge is -2.11. The molecule has 9 heteroatoms. The topological polar surface area (TPSA) is 76.7 Å². The van der Waals surface area contributed by atoms with Crippen molar-refractivity contribution in [3.8, 4) is 0 Å². The largest absolute Gasteiger partial charge is 0.356 e. The van der Waals surface area contributed by atoms with E-state index in [-0.39, 0.29) is 16.5 Å². The highest BCUT2D eigenvalue weighted by Crippen LogP contribution is 2.37. The molecule has 0 bridgehead atoms. The van der Waals surface area contributed by atoms with E-state index >= 15 is 0 Å². The van der Waals surface area contributed by atoms with E-state index in [1.165, 1.54) is 35.2 Å². The maximum atomic E-state index is 12.9. The first kappa shape index (κ1) is 18.8. The van der Waals surface area contributed by atoms with Crippen LogP contribution in [0, 0.1) is 5.82 Å². The molecule has 0 fully saturated rings. The van der Waals surface area contributed by atoms with Gasteiger partial charge in [-0.1, -0.05) is 61.2 Å². The van der Waals surface area contributed by atoms with Gasteiger partial charge in [-0.15, -0.1) is 10.2 Å². The highest BCUT2D eigenvalue weighted by atomic mass is 32.2. The van der Waals surface area contributed by atoms with E-state index in [2.05, 4.69) is 25.7 Å². The Bertz CT molecular complexity index is 857. The molecule has 2 heterocycles. The molecule has 0 spiro atoms. The van der Waals surface area contributed by atoms with E-state index in [1.807, 2.05) is 27.7 Å². The Kier molecular flexibility index (Phi) is 5.57. The molecule has 0 amide bonds. The van der Waals surface area contributed by atoms with Crippen molar-refractivity contribution in [2.75, 3.05) is 5.32 Å². The first-order chi connectivity index (χ1) is 12.3. The maximum Gasteiger partial charge on any atom is 0.239 e. The molecular formula is C17H20FN5OS2. The van der Waals surface area contributed by atoms with Crippen LogP contribution in [0.3, 0.4) is 0 Å². The summed E-state index contributed by atoms with van der Waals surface area (Å²) in [5, 5.41) is 16.3. The number of nitrogens with one attached hydrogen (secondary N) is 1. The average Bonchev–Trinajstić information content (AvgIpc) is 3.23. The fraction of sp³-hybridized carbons (Fsp3) is 0.412. The van der Waals surface area contributed by atoms with Gasteiger partial charge in [-0.05, 0) is 24.6 Å². The van der Waals surface area contributed by atoms with Crippen LogP contribution in [0.5, 0.6) is 0 Å². The van der Waals surface area contributed by atoms with E-state index in [4.69, 9.17) is 4.52 Å². The molecule has 0 radical (unpaired) electrons. The molecule has 6 nitrogen and oxygen atoms in total. The number of hydrogen-bond acceptors (Lipinski definition) is 8. The van der Waals surface area contributed by atoms with E-state index in [0.717, 1.165) is 9.90 Å². The van der Waals surface area contributed by atoms with Gasteiger partial charge in [0.1, 0.15) is 5.82 Å². The number of aromatic nitrogens is 4. The third-order valence-electron chi connectivity index (χ3n) is 3.50. The molecule has 0 aliphatic heterocycles. The molecule has 138 valence electrons. The van der Waals surface area contributed by atoms with Crippen LogP contribution in [0.2, 0.25) is 0 Å². The van der Waals surface area contributed by atoms with Gasteiger partial charge < -0.3 is 9.84 Å². The van der Waals surface area contributed by atoms with Gasteiger partial charge in [0.15, 0.2) is 10.2 Å². The fourth-order valence-electron chi connectivity index (χ4n) is 2.02. The summed E-state index contributed by atoms with van der Waals surface area (Å²) in [6.45, 7) is 8.70. The second kappa shape index (κ2) is 7.71. The standard InChI is InChI=1S/C17H20FN5OS2/c1-10(13-20-14(23-24-13)17(2,3)4)25-16-22-21-15(26-16)19-9-11-5-7-12(18)8-6-11/h5-8,10H,9H2,1-4H3,(H,19,21). The quantitative estimate of drug-likeness (QED) is 0.601. The second-order valence-corrected chi connectivity index (χ2v) is 9.38. The molecule has 1 atom stereocenters. The van der Waals surface area contributed by atoms with Crippen LogP contribution in [0.1, 0.15) is 50.2 Å². The number of hydrogen-bond donors (Lipinski definition) is 1. The molecule has 1 N–H and O–H groups in total. The predicted molar refractivity (Wildman–Crippen MR) is 101 cm³/mol. The van der Waals surface area contributed by atoms with Gasteiger partial charge in [-0.25, -0.2) is 4.39 Å². The Hall–Kier alpha value is -2.00. The highest BCUT2D eigenvalue weighted by Gasteiger charge is 2.24. The van der Waals surface area contributed by atoms with Gasteiger partial charge in [0, 0.05) is 12.0 Å². The number of nitrogens with zero attached hydrogens (tertiary/aromatic N) is 4. The maximum absolute atomic E-state index is 12.9. The minimum absolute atomic E-state index is 0.0171. The van der Waals surface area contributed by atoms with Crippen molar-refractivity contribution in [1.82, 2.24) is 20.3 Å². The van der Waals surface area contributed by atoms with Crippen LogP contribution in [0.15, 0.2) is 33.1 Å². The van der Waals surface area contributed by atoms with Crippen LogP contribution >= 0.6 is 23.1 Å². The molecule has 1 aromatic carbocycles. The van der Waals surface area contributed by atoms with E-state index in [0.29, 0.717) is 23.4 Å². The van der Waals surface area contributed by atoms with Crippen molar-refractivity contribution < 1.29 is 8.91 Å². The van der Waals surface area contributed by atoms with Crippen molar-refractivity contribution in [2.45, 2.75) is 49.2 Å². The summed E-state index contributed by atoms with van der Waals surface area (Å²) in [6, 6.07) is 6.36. The molecule has 2 aromatic heterocycles. The van der Waals surface area contributed by atoms with Crippen LogP contribution in [-0.4, -0.2) is 20.3 Å². The van der Waals surface area contributed by atoms with Crippen molar-refractivity contribution >= 4 is 28.2 Å². The highest BCUT2D eigenvalue weighted by molar-refractivity contribution is 8.01. The van der Waals surface area contributed by atoms with Gasteiger partial charge >= 0.3 is 0 Å². The Morgan fingerprint density at radius 2 is 1.96 bits per heavy atom. The zero-order chi connectivity index (χ0) is 18.7. The Balaban J connectivity index is 1.57. The number of halogens is 1. The summed E-state index contributed by atoms with van der Waals surface area (Å²) in [5.74, 6) is 1.03. The number of anilines is 1. The lowest BCUT2D eigenvalue weighted by atomic mass is 9.96. The molecular weight excluding hydrogens is 373 g/mol. The Morgan fingerprint density at radius 1 is 1.23 bits per heavy atom. The van der Waals surface area contributed by atoms with E-state index in [9.17, 15) is 4.39 Å². The summed E-state index contributed by atoms with van der Waals surface area (Å²) in [5.41, 5.74) is 0.830. The lowest BCUT2D eigenvalue weighted by molar-refractivity contribution is 0.364. The van der Waals surface area contributed by atoms with Crippen molar-refractivity contribution in [3.05, 3.63) is 47.4 Å². The monoisotopic (exact) mass is 393 g/mol. The first-order valence-corrected chi connectivity index (χ1v) is 9.83. The van der Waals surface area contributed by atoms with Gasteiger partial charge in [0.2, 0.25) is 11.0 Å². The van der Waals surface area contributed by atoms with Crippen molar-refractivity contribution in [3.63, 3.8) is 0 Å². The average molecular weight is 394 g/mol. The van der Waals surface area contributed by atoms with Gasteiger partial charge in [-0.3, -0.25) is 0 Å². The third-order valence-corrected chi connectivity index (χ3v) is 5.55. The van der Waals surface area contributed by atoms with Gasteiger partial charge in [0.05, 0.1) is 5.25 Å². The molecule has 1 unspecified atom stereocenters. The van der Waals surface area contributed by atoms with E-state index in [1.54, 1.807) is 12.1 Å². The summed E-state index contributed by atoms with van der Waals surface area (Å²) >= 11 is 2.98. The summed E-state index contributed by atoms with van der Waals surface area (Å²) < 4.78 is 19.1. The molecule has 0 saturated heterocycles. The van der Waals surface area contributed by atoms with Crippen LogP contribution < -0.4 is 5.32 Å². The normalized spacial score (nSPS) is 13.0. The minimum atomic E-state index is -0.243. The van der Waals surface area contributed by atoms with Crippen molar-refractivity contribution in [2.24, 2.45) is 0 Å². The SMILES string of the molecule is CC(Sc1nnc(NCc2ccc(F)cc2)s1)c1nc(C(C)(C)C)no1. The zero-order valence-corrected chi connectivity index (χ0v) is 16.6. The van der Waals surface area contributed by atoms with Crippen LogP contribution in [0.25, 0.3) is 0 Å².